The number of nitrogens with one attached hydrogen (secondary N) is 1. The predicted octanol–water partition coefficient (Wildman–Crippen LogP) is 1.19. The lowest BCUT2D eigenvalue weighted by molar-refractivity contribution is 0.434. The van der Waals surface area contributed by atoms with Crippen LogP contribution >= 0.6 is 0 Å². The van der Waals surface area contributed by atoms with E-state index in [9.17, 15) is 0 Å². The van der Waals surface area contributed by atoms with Gasteiger partial charge in [-0.3, -0.25) is 0 Å². The van der Waals surface area contributed by atoms with Gasteiger partial charge in [-0.2, -0.15) is 0 Å². The predicted molar refractivity (Wildman–Crippen MR) is 41.4 cm³/mol. The van der Waals surface area contributed by atoms with Crippen LogP contribution in [0.25, 0.3) is 0 Å². The van der Waals surface area contributed by atoms with Crippen LogP contribution in [-0.2, 0) is 6.42 Å². The second-order valence-electron chi connectivity index (χ2n) is 2.97. The molecule has 0 aromatic carbocycles. The minimum atomic E-state index is 0.358. The Hall–Kier alpha value is -0.830. The van der Waals surface area contributed by atoms with Gasteiger partial charge in [-0.05, 0) is 6.92 Å². The molecule has 0 radical (unpaired) electrons. The lowest BCUT2D eigenvalue weighted by Gasteiger charge is -2.16. The zero-order chi connectivity index (χ0) is 7.84. The first kappa shape index (κ1) is 6.85. The van der Waals surface area contributed by atoms with Crippen molar-refractivity contribution in [3.63, 3.8) is 0 Å². The van der Waals surface area contributed by atoms with E-state index in [0.717, 1.165) is 30.3 Å². The number of nitrogens with zero attached hydrogens (tertiary/aromatic N) is 1. The summed E-state index contributed by atoms with van der Waals surface area (Å²) in [5, 5.41) is 3.33. The molecule has 0 saturated carbocycles. The molecular formula is C8H12N2O. The van der Waals surface area contributed by atoms with Crippen molar-refractivity contribution in [1.82, 2.24) is 10.3 Å². The van der Waals surface area contributed by atoms with Crippen LogP contribution in [0.2, 0.25) is 0 Å². The number of rotatable bonds is 0. The number of oxazole rings is 1. The zero-order valence-electron chi connectivity index (χ0n) is 6.85. The van der Waals surface area contributed by atoms with Crippen molar-refractivity contribution in [3.05, 3.63) is 17.3 Å². The molecule has 2 heterocycles. The first-order valence-corrected chi connectivity index (χ1v) is 3.97. The molecule has 0 amide bonds. The van der Waals surface area contributed by atoms with E-state index in [4.69, 9.17) is 4.42 Å². The Morgan fingerprint density at radius 1 is 1.64 bits per heavy atom. The van der Waals surface area contributed by atoms with Crippen LogP contribution in [0, 0.1) is 6.92 Å². The van der Waals surface area contributed by atoms with Gasteiger partial charge in [0.2, 0.25) is 0 Å². The van der Waals surface area contributed by atoms with Gasteiger partial charge in [0.25, 0.3) is 0 Å². The highest BCUT2D eigenvalue weighted by atomic mass is 16.4. The standard InChI is InChI=1S/C8H12N2O/c1-5-8-7(3-4-9-5)11-6(2)10-8/h5,9H,3-4H2,1-2H3. The molecule has 1 aromatic heterocycles. The third-order valence-corrected chi connectivity index (χ3v) is 2.05. The number of aromatic nitrogens is 1. The summed E-state index contributed by atoms with van der Waals surface area (Å²) in [6, 6.07) is 0.358. The summed E-state index contributed by atoms with van der Waals surface area (Å²) in [7, 11) is 0. The smallest absolute Gasteiger partial charge is 0.191 e. The van der Waals surface area contributed by atoms with Crippen molar-refractivity contribution >= 4 is 0 Å². The van der Waals surface area contributed by atoms with Crippen LogP contribution in [0.4, 0.5) is 0 Å². The molecule has 3 nitrogen and oxygen atoms in total. The second kappa shape index (κ2) is 2.34. The SMILES string of the molecule is Cc1nc2c(o1)CCNC2C. The van der Waals surface area contributed by atoms with E-state index in [2.05, 4.69) is 17.2 Å². The Labute approximate surface area is 65.8 Å². The maximum atomic E-state index is 5.43. The lowest BCUT2D eigenvalue weighted by atomic mass is 10.1. The fourth-order valence-corrected chi connectivity index (χ4v) is 1.50. The summed E-state index contributed by atoms with van der Waals surface area (Å²) < 4.78 is 5.43. The Morgan fingerprint density at radius 2 is 2.45 bits per heavy atom. The van der Waals surface area contributed by atoms with Gasteiger partial charge in [0.1, 0.15) is 5.76 Å². The maximum absolute atomic E-state index is 5.43. The molecule has 1 unspecified atom stereocenters. The van der Waals surface area contributed by atoms with E-state index in [1.54, 1.807) is 0 Å². The molecule has 1 aliphatic heterocycles. The molecule has 0 saturated heterocycles. The second-order valence-corrected chi connectivity index (χ2v) is 2.97. The zero-order valence-corrected chi connectivity index (χ0v) is 6.85. The number of hydrogen-bond acceptors (Lipinski definition) is 3. The molecule has 0 aliphatic carbocycles. The van der Waals surface area contributed by atoms with Gasteiger partial charge in [0, 0.05) is 19.9 Å². The average molecular weight is 152 g/mol. The van der Waals surface area contributed by atoms with E-state index >= 15 is 0 Å². The van der Waals surface area contributed by atoms with Crippen LogP contribution in [0.1, 0.15) is 30.3 Å². The molecule has 1 aliphatic rings. The first-order chi connectivity index (χ1) is 5.27. The minimum Gasteiger partial charge on any atom is -0.446 e. The lowest BCUT2D eigenvalue weighted by Crippen LogP contribution is -2.27. The summed E-state index contributed by atoms with van der Waals surface area (Å²) >= 11 is 0. The largest absolute Gasteiger partial charge is 0.446 e. The molecule has 1 aromatic rings. The van der Waals surface area contributed by atoms with Crippen molar-refractivity contribution < 1.29 is 4.42 Å². The minimum absolute atomic E-state index is 0.358. The number of aryl methyl sites for hydroxylation is 1. The van der Waals surface area contributed by atoms with Gasteiger partial charge in [0.15, 0.2) is 5.89 Å². The summed E-state index contributed by atoms with van der Waals surface area (Å²) in [5.41, 5.74) is 1.09. The molecule has 3 heteroatoms. The average Bonchev–Trinajstić information content (AvgIpc) is 2.31. The van der Waals surface area contributed by atoms with Crippen molar-refractivity contribution in [1.29, 1.82) is 0 Å². The van der Waals surface area contributed by atoms with Crippen molar-refractivity contribution in [2.75, 3.05) is 6.54 Å². The van der Waals surface area contributed by atoms with E-state index in [0.29, 0.717) is 6.04 Å². The third kappa shape index (κ3) is 1.05. The topological polar surface area (TPSA) is 38.1 Å². The fraction of sp³-hybridized carbons (Fsp3) is 0.625. The van der Waals surface area contributed by atoms with E-state index in [1.165, 1.54) is 0 Å². The van der Waals surface area contributed by atoms with Gasteiger partial charge in [-0.1, -0.05) is 0 Å². The highest BCUT2D eigenvalue weighted by Gasteiger charge is 2.20. The van der Waals surface area contributed by atoms with Crippen molar-refractivity contribution in [2.24, 2.45) is 0 Å². The monoisotopic (exact) mass is 152 g/mol. The summed E-state index contributed by atoms with van der Waals surface area (Å²) in [6.07, 6.45) is 0.973. The van der Waals surface area contributed by atoms with E-state index in [1.807, 2.05) is 6.92 Å². The van der Waals surface area contributed by atoms with Gasteiger partial charge in [0.05, 0.1) is 11.7 Å². The summed E-state index contributed by atoms with van der Waals surface area (Å²) in [5.74, 6) is 1.85. The third-order valence-electron chi connectivity index (χ3n) is 2.05. The van der Waals surface area contributed by atoms with Gasteiger partial charge in [-0.15, -0.1) is 0 Å². The van der Waals surface area contributed by atoms with Crippen LogP contribution < -0.4 is 5.32 Å². The van der Waals surface area contributed by atoms with Gasteiger partial charge >= 0.3 is 0 Å². The van der Waals surface area contributed by atoms with Crippen LogP contribution in [0.3, 0.4) is 0 Å². The molecule has 11 heavy (non-hydrogen) atoms. The number of hydrogen-bond donors (Lipinski definition) is 1. The molecule has 0 bridgehead atoms. The molecular weight excluding hydrogens is 140 g/mol. The molecule has 2 rings (SSSR count). The van der Waals surface area contributed by atoms with E-state index < -0.39 is 0 Å². The molecule has 1 N–H and O–H groups in total. The summed E-state index contributed by atoms with van der Waals surface area (Å²) in [6.45, 7) is 5.01. The first-order valence-electron chi connectivity index (χ1n) is 3.97. The van der Waals surface area contributed by atoms with Crippen LogP contribution in [0.15, 0.2) is 4.42 Å². The number of fused-ring (bicyclic) bond motifs is 1. The normalized spacial score (nSPS) is 23.3. The summed E-state index contributed by atoms with van der Waals surface area (Å²) in [4.78, 5) is 4.30. The van der Waals surface area contributed by atoms with Crippen LogP contribution in [-0.4, -0.2) is 11.5 Å². The van der Waals surface area contributed by atoms with Gasteiger partial charge in [-0.25, -0.2) is 4.98 Å². The maximum Gasteiger partial charge on any atom is 0.191 e. The molecule has 60 valence electrons. The van der Waals surface area contributed by atoms with Crippen LogP contribution in [0.5, 0.6) is 0 Å². The molecule has 1 atom stereocenters. The van der Waals surface area contributed by atoms with Crippen molar-refractivity contribution in [2.45, 2.75) is 26.3 Å². The Balaban J connectivity index is 2.43. The highest BCUT2D eigenvalue weighted by Crippen LogP contribution is 2.21. The highest BCUT2D eigenvalue weighted by molar-refractivity contribution is 5.16. The Bertz CT molecular complexity index is 267. The Kier molecular flexibility index (Phi) is 1.46. The van der Waals surface area contributed by atoms with E-state index in [-0.39, 0.29) is 0 Å². The fourth-order valence-electron chi connectivity index (χ4n) is 1.50. The molecule has 0 spiro atoms. The van der Waals surface area contributed by atoms with Crippen molar-refractivity contribution in [3.8, 4) is 0 Å². The molecule has 0 fully saturated rings. The quantitative estimate of drug-likeness (QED) is 0.606. The van der Waals surface area contributed by atoms with Gasteiger partial charge < -0.3 is 9.73 Å². The Morgan fingerprint density at radius 3 is 3.18 bits per heavy atom.